The lowest BCUT2D eigenvalue weighted by Gasteiger charge is -2.22. The molecule has 6 heteroatoms. The fourth-order valence-corrected chi connectivity index (χ4v) is 3.27. The van der Waals surface area contributed by atoms with Gasteiger partial charge in [-0.15, -0.1) is 0 Å². The maximum Gasteiger partial charge on any atom is 0.134 e. The SMILES string of the molecule is C[C@H]1Cn2nc(-c3ccc(Cl)cc3F)c(-c3ccncc3)c2CN1. The van der Waals surface area contributed by atoms with Gasteiger partial charge in [0.25, 0.3) is 0 Å². The predicted molar refractivity (Wildman–Crippen MR) is 92.2 cm³/mol. The molecule has 0 radical (unpaired) electrons. The quantitative estimate of drug-likeness (QED) is 0.768. The molecule has 0 saturated heterocycles. The van der Waals surface area contributed by atoms with Crippen LogP contribution < -0.4 is 5.32 Å². The Morgan fingerprint density at radius 2 is 2.04 bits per heavy atom. The Hall–Kier alpha value is -2.24. The van der Waals surface area contributed by atoms with E-state index in [-0.39, 0.29) is 5.82 Å². The molecule has 0 aliphatic carbocycles. The maximum atomic E-state index is 14.5. The number of benzene rings is 1. The number of pyridine rings is 1. The van der Waals surface area contributed by atoms with Crippen LogP contribution in [0.5, 0.6) is 0 Å². The summed E-state index contributed by atoms with van der Waals surface area (Å²) in [5, 5.41) is 8.53. The number of nitrogens with one attached hydrogen (secondary N) is 1. The van der Waals surface area contributed by atoms with Crippen molar-refractivity contribution in [3.8, 4) is 22.4 Å². The van der Waals surface area contributed by atoms with E-state index in [2.05, 4.69) is 17.2 Å². The number of fused-ring (bicyclic) bond motifs is 1. The first-order chi connectivity index (χ1) is 11.6. The molecule has 1 N–H and O–H groups in total. The largest absolute Gasteiger partial charge is 0.307 e. The Labute approximate surface area is 144 Å². The Balaban J connectivity index is 1.96. The van der Waals surface area contributed by atoms with Crippen LogP contribution in [0.1, 0.15) is 12.6 Å². The summed E-state index contributed by atoms with van der Waals surface area (Å²) in [5.74, 6) is -0.366. The molecule has 122 valence electrons. The van der Waals surface area contributed by atoms with Gasteiger partial charge in [-0.2, -0.15) is 5.10 Å². The molecule has 0 saturated carbocycles. The topological polar surface area (TPSA) is 42.7 Å². The summed E-state index contributed by atoms with van der Waals surface area (Å²) in [6, 6.07) is 8.88. The van der Waals surface area contributed by atoms with Crippen molar-refractivity contribution in [3.05, 3.63) is 59.3 Å². The second kappa shape index (κ2) is 6.00. The van der Waals surface area contributed by atoms with Crippen molar-refractivity contribution in [2.75, 3.05) is 0 Å². The Morgan fingerprint density at radius 1 is 1.25 bits per heavy atom. The summed E-state index contributed by atoms with van der Waals surface area (Å²) in [6.45, 7) is 3.56. The van der Waals surface area contributed by atoms with Gasteiger partial charge in [-0.25, -0.2) is 4.39 Å². The molecule has 4 nitrogen and oxygen atoms in total. The van der Waals surface area contributed by atoms with E-state index in [1.165, 1.54) is 6.07 Å². The molecule has 2 aromatic heterocycles. The van der Waals surface area contributed by atoms with Crippen LogP contribution in [0.15, 0.2) is 42.7 Å². The molecule has 0 spiro atoms. The molecule has 1 aliphatic heterocycles. The maximum absolute atomic E-state index is 14.5. The molecule has 3 aromatic rings. The molecule has 0 amide bonds. The smallest absolute Gasteiger partial charge is 0.134 e. The number of hydrogen-bond acceptors (Lipinski definition) is 3. The Kier molecular flexibility index (Phi) is 3.82. The van der Waals surface area contributed by atoms with Crippen LogP contribution in [0.4, 0.5) is 4.39 Å². The van der Waals surface area contributed by atoms with Gasteiger partial charge in [0.2, 0.25) is 0 Å². The minimum absolute atomic E-state index is 0.325. The standard InChI is InChI=1S/C18H16ClFN4/c1-11-10-24-16(9-22-11)17(12-4-6-21-7-5-12)18(23-24)14-3-2-13(19)8-15(14)20/h2-8,11,22H,9-10H2,1H3/t11-/m0/s1. The average Bonchev–Trinajstić information content (AvgIpc) is 2.93. The highest BCUT2D eigenvalue weighted by atomic mass is 35.5. The summed E-state index contributed by atoms with van der Waals surface area (Å²) in [6.07, 6.45) is 3.47. The zero-order valence-electron chi connectivity index (χ0n) is 13.1. The molecular formula is C18H16ClFN4. The van der Waals surface area contributed by atoms with Gasteiger partial charge in [-0.1, -0.05) is 11.6 Å². The van der Waals surface area contributed by atoms with Crippen molar-refractivity contribution in [2.45, 2.75) is 26.1 Å². The molecule has 0 bridgehead atoms. The van der Waals surface area contributed by atoms with Gasteiger partial charge in [0, 0.05) is 41.1 Å². The van der Waals surface area contributed by atoms with Crippen LogP contribution in [0.2, 0.25) is 5.02 Å². The second-order valence-corrected chi connectivity index (χ2v) is 6.43. The Morgan fingerprint density at radius 3 is 2.79 bits per heavy atom. The lowest BCUT2D eigenvalue weighted by Crippen LogP contribution is -2.36. The van der Waals surface area contributed by atoms with Crippen molar-refractivity contribution < 1.29 is 4.39 Å². The number of halogens is 2. The van der Waals surface area contributed by atoms with Crippen LogP contribution >= 0.6 is 11.6 Å². The van der Waals surface area contributed by atoms with Crippen molar-refractivity contribution in [1.82, 2.24) is 20.1 Å². The summed E-state index contributed by atoms with van der Waals surface area (Å²) in [5.41, 5.74) is 4.08. The summed E-state index contributed by atoms with van der Waals surface area (Å²) in [7, 11) is 0. The molecule has 1 aliphatic rings. The van der Waals surface area contributed by atoms with Gasteiger partial charge in [0.1, 0.15) is 11.5 Å². The van der Waals surface area contributed by atoms with E-state index in [4.69, 9.17) is 16.7 Å². The van der Waals surface area contributed by atoms with Gasteiger partial charge in [-0.3, -0.25) is 9.67 Å². The molecule has 0 unspecified atom stereocenters. The number of aromatic nitrogens is 3. The van der Waals surface area contributed by atoms with Crippen LogP contribution in [0.25, 0.3) is 22.4 Å². The van der Waals surface area contributed by atoms with E-state index in [0.717, 1.165) is 23.4 Å². The Bertz CT molecular complexity index is 892. The van der Waals surface area contributed by atoms with E-state index in [9.17, 15) is 4.39 Å². The minimum Gasteiger partial charge on any atom is -0.307 e. The normalized spacial score (nSPS) is 16.9. The van der Waals surface area contributed by atoms with Crippen molar-refractivity contribution >= 4 is 11.6 Å². The minimum atomic E-state index is -0.366. The highest BCUT2D eigenvalue weighted by Gasteiger charge is 2.25. The van der Waals surface area contributed by atoms with E-state index < -0.39 is 0 Å². The fraction of sp³-hybridized carbons (Fsp3) is 0.222. The van der Waals surface area contributed by atoms with Gasteiger partial charge in [0.05, 0.1) is 12.2 Å². The number of rotatable bonds is 2. The number of nitrogens with zero attached hydrogens (tertiary/aromatic N) is 3. The average molecular weight is 343 g/mol. The first-order valence-corrected chi connectivity index (χ1v) is 8.20. The van der Waals surface area contributed by atoms with E-state index in [1.54, 1.807) is 24.5 Å². The number of hydrogen-bond donors (Lipinski definition) is 1. The van der Waals surface area contributed by atoms with E-state index in [0.29, 0.717) is 28.9 Å². The molecule has 4 rings (SSSR count). The van der Waals surface area contributed by atoms with Crippen molar-refractivity contribution in [1.29, 1.82) is 0 Å². The van der Waals surface area contributed by atoms with Crippen LogP contribution in [-0.2, 0) is 13.1 Å². The third-order valence-corrected chi connectivity index (χ3v) is 4.51. The molecule has 24 heavy (non-hydrogen) atoms. The molecule has 1 aromatic carbocycles. The van der Waals surface area contributed by atoms with Gasteiger partial charge in [-0.05, 0) is 42.8 Å². The second-order valence-electron chi connectivity index (χ2n) is 5.99. The van der Waals surface area contributed by atoms with Gasteiger partial charge in [0.15, 0.2) is 0 Å². The molecule has 1 atom stereocenters. The first-order valence-electron chi connectivity index (χ1n) is 7.82. The molecule has 3 heterocycles. The summed E-state index contributed by atoms with van der Waals surface area (Å²) < 4.78 is 16.5. The van der Waals surface area contributed by atoms with E-state index >= 15 is 0 Å². The first kappa shape index (κ1) is 15.3. The van der Waals surface area contributed by atoms with Crippen molar-refractivity contribution in [3.63, 3.8) is 0 Å². The third-order valence-electron chi connectivity index (χ3n) is 4.28. The molecular weight excluding hydrogens is 327 g/mol. The highest BCUT2D eigenvalue weighted by Crippen LogP contribution is 2.37. The third kappa shape index (κ3) is 2.60. The van der Waals surface area contributed by atoms with Crippen molar-refractivity contribution in [2.24, 2.45) is 0 Å². The van der Waals surface area contributed by atoms with Crippen LogP contribution in [0.3, 0.4) is 0 Å². The monoisotopic (exact) mass is 342 g/mol. The highest BCUT2D eigenvalue weighted by molar-refractivity contribution is 6.30. The predicted octanol–water partition coefficient (Wildman–Crippen LogP) is 3.90. The van der Waals surface area contributed by atoms with Crippen LogP contribution in [0, 0.1) is 5.82 Å². The zero-order chi connectivity index (χ0) is 16.7. The van der Waals surface area contributed by atoms with Crippen LogP contribution in [-0.4, -0.2) is 20.8 Å². The fourth-order valence-electron chi connectivity index (χ4n) is 3.11. The summed E-state index contributed by atoms with van der Waals surface area (Å²) >= 11 is 5.90. The molecule has 0 fully saturated rings. The lowest BCUT2D eigenvalue weighted by atomic mass is 9.98. The zero-order valence-corrected chi connectivity index (χ0v) is 13.9. The lowest BCUT2D eigenvalue weighted by molar-refractivity contribution is 0.390. The summed E-state index contributed by atoms with van der Waals surface area (Å²) in [4.78, 5) is 4.08. The van der Waals surface area contributed by atoms with E-state index in [1.807, 2.05) is 16.8 Å². The van der Waals surface area contributed by atoms with Gasteiger partial charge >= 0.3 is 0 Å². The van der Waals surface area contributed by atoms with Gasteiger partial charge < -0.3 is 5.32 Å².